The van der Waals surface area contributed by atoms with Crippen molar-refractivity contribution in [1.82, 2.24) is 4.90 Å². The highest BCUT2D eigenvalue weighted by Gasteiger charge is 2.22. The monoisotopic (exact) mass is 219 g/mol. The van der Waals surface area contributed by atoms with Gasteiger partial charge in [0.25, 0.3) is 0 Å². The lowest BCUT2D eigenvalue weighted by molar-refractivity contribution is 0.132. The number of methoxy groups -OCH3 is 1. The van der Waals surface area contributed by atoms with Gasteiger partial charge in [-0.3, -0.25) is 4.90 Å². The van der Waals surface area contributed by atoms with E-state index in [1.807, 2.05) is 0 Å². The van der Waals surface area contributed by atoms with Crippen LogP contribution in [0.5, 0.6) is 0 Å². The van der Waals surface area contributed by atoms with Gasteiger partial charge in [-0.2, -0.15) is 0 Å². The Bertz CT molecular complexity index is 337. The summed E-state index contributed by atoms with van der Waals surface area (Å²) in [5, 5.41) is 0. The van der Waals surface area contributed by atoms with Crippen molar-refractivity contribution in [2.24, 2.45) is 0 Å². The van der Waals surface area contributed by atoms with E-state index in [2.05, 4.69) is 36.2 Å². The minimum Gasteiger partial charge on any atom is -0.383 e. The Morgan fingerprint density at radius 2 is 2.19 bits per heavy atom. The van der Waals surface area contributed by atoms with Crippen LogP contribution in [-0.4, -0.2) is 32.2 Å². The summed E-state index contributed by atoms with van der Waals surface area (Å²) in [4.78, 5) is 2.42. The van der Waals surface area contributed by atoms with Crippen LogP contribution in [0, 0.1) is 0 Å². The summed E-state index contributed by atoms with van der Waals surface area (Å²) in [7, 11) is 3.97. The Hall–Kier alpha value is -0.860. The van der Waals surface area contributed by atoms with Gasteiger partial charge in [-0.05, 0) is 37.4 Å². The third-order valence-corrected chi connectivity index (χ3v) is 3.52. The Balaban J connectivity index is 2.12. The average molecular weight is 219 g/mol. The molecule has 1 unspecified atom stereocenters. The first-order valence-corrected chi connectivity index (χ1v) is 6.10. The van der Waals surface area contributed by atoms with Gasteiger partial charge in [0.1, 0.15) is 0 Å². The van der Waals surface area contributed by atoms with Crippen molar-refractivity contribution in [1.29, 1.82) is 0 Å². The van der Waals surface area contributed by atoms with Crippen molar-refractivity contribution in [2.75, 3.05) is 27.3 Å². The molecule has 0 heterocycles. The second-order valence-electron chi connectivity index (χ2n) is 4.58. The number of likely N-dealkylation sites (N-methyl/N-ethyl adjacent to an activating group) is 1. The molecule has 0 saturated carbocycles. The van der Waals surface area contributed by atoms with Crippen molar-refractivity contribution < 1.29 is 4.74 Å². The number of nitrogens with zero attached hydrogens (tertiary/aromatic N) is 1. The van der Waals surface area contributed by atoms with Crippen LogP contribution in [0.3, 0.4) is 0 Å². The van der Waals surface area contributed by atoms with E-state index < -0.39 is 0 Å². The SMILES string of the molecule is COCCN(C)C1CCCc2ccccc21. The lowest BCUT2D eigenvalue weighted by Crippen LogP contribution is -2.30. The second-order valence-corrected chi connectivity index (χ2v) is 4.58. The van der Waals surface area contributed by atoms with Crippen molar-refractivity contribution in [2.45, 2.75) is 25.3 Å². The third kappa shape index (κ3) is 2.45. The molecule has 1 aromatic rings. The Labute approximate surface area is 98.2 Å². The van der Waals surface area contributed by atoms with E-state index in [-0.39, 0.29) is 0 Å². The van der Waals surface area contributed by atoms with Crippen LogP contribution in [0.1, 0.15) is 30.0 Å². The highest BCUT2D eigenvalue weighted by atomic mass is 16.5. The van der Waals surface area contributed by atoms with E-state index in [0.717, 1.165) is 13.2 Å². The number of rotatable bonds is 4. The van der Waals surface area contributed by atoms with Crippen LogP contribution >= 0.6 is 0 Å². The number of benzene rings is 1. The molecular weight excluding hydrogens is 198 g/mol. The molecule has 16 heavy (non-hydrogen) atoms. The van der Waals surface area contributed by atoms with E-state index in [1.165, 1.54) is 30.4 Å². The first-order valence-electron chi connectivity index (χ1n) is 6.10. The Morgan fingerprint density at radius 1 is 1.38 bits per heavy atom. The normalized spacial score (nSPS) is 19.8. The summed E-state index contributed by atoms with van der Waals surface area (Å²) in [6.07, 6.45) is 3.82. The van der Waals surface area contributed by atoms with Crippen LogP contribution in [0.4, 0.5) is 0 Å². The molecular formula is C14H21NO. The predicted molar refractivity (Wildman–Crippen MR) is 66.6 cm³/mol. The zero-order valence-electron chi connectivity index (χ0n) is 10.3. The molecule has 0 spiro atoms. The van der Waals surface area contributed by atoms with Crippen LogP contribution < -0.4 is 0 Å². The predicted octanol–water partition coefficient (Wildman–Crippen LogP) is 2.64. The molecule has 2 heteroatoms. The maximum absolute atomic E-state index is 5.15. The molecule has 2 rings (SSSR count). The molecule has 0 aromatic heterocycles. The quantitative estimate of drug-likeness (QED) is 0.772. The van der Waals surface area contributed by atoms with E-state index in [0.29, 0.717) is 6.04 Å². The first kappa shape index (κ1) is 11.6. The van der Waals surface area contributed by atoms with Gasteiger partial charge in [-0.1, -0.05) is 24.3 Å². The molecule has 0 aliphatic heterocycles. The van der Waals surface area contributed by atoms with Crippen LogP contribution in [0.25, 0.3) is 0 Å². The maximum Gasteiger partial charge on any atom is 0.0589 e. The van der Waals surface area contributed by atoms with Gasteiger partial charge >= 0.3 is 0 Å². The fourth-order valence-electron chi connectivity index (χ4n) is 2.58. The van der Waals surface area contributed by atoms with Crippen LogP contribution in [0.15, 0.2) is 24.3 Å². The van der Waals surface area contributed by atoms with Gasteiger partial charge < -0.3 is 4.74 Å². The zero-order chi connectivity index (χ0) is 11.4. The largest absolute Gasteiger partial charge is 0.383 e. The summed E-state index contributed by atoms with van der Waals surface area (Å²) in [6.45, 7) is 1.82. The van der Waals surface area contributed by atoms with E-state index in [4.69, 9.17) is 4.74 Å². The van der Waals surface area contributed by atoms with E-state index >= 15 is 0 Å². The van der Waals surface area contributed by atoms with Gasteiger partial charge in [-0.15, -0.1) is 0 Å². The summed E-state index contributed by atoms with van der Waals surface area (Å²) in [5.74, 6) is 0. The topological polar surface area (TPSA) is 12.5 Å². The maximum atomic E-state index is 5.15. The zero-order valence-corrected chi connectivity index (χ0v) is 10.3. The third-order valence-electron chi connectivity index (χ3n) is 3.52. The summed E-state index contributed by atoms with van der Waals surface area (Å²) in [6, 6.07) is 9.44. The number of aryl methyl sites for hydroxylation is 1. The second kappa shape index (κ2) is 5.46. The van der Waals surface area contributed by atoms with Gasteiger partial charge in [0.05, 0.1) is 6.61 Å². The van der Waals surface area contributed by atoms with Gasteiger partial charge in [0, 0.05) is 19.7 Å². The van der Waals surface area contributed by atoms with Crippen LogP contribution in [0.2, 0.25) is 0 Å². The number of fused-ring (bicyclic) bond motifs is 1. The molecule has 0 amide bonds. The molecule has 88 valence electrons. The number of ether oxygens (including phenoxy) is 1. The number of hydrogen-bond donors (Lipinski definition) is 0. The summed E-state index contributed by atoms with van der Waals surface area (Å²) in [5.41, 5.74) is 3.05. The van der Waals surface area contributed by atoms with Crippen molar-refractivity contribution in [3.05, 3.63) is 35.4 Å². The molecule has 0 radical (unpaired) electrons. The first-order chi connectivity index (χ1) is 7.83. The molecule has 0 fully saturated rings. The Kier molecular flexibility index (Phi) is 3.97. The fraction of sp³-hybridized carbons (Fsp3) is 0.571. The highest BCUT2D eigenvalue weighted by Crippen LogP contribution is 2.33. The molecule has 1 aliphatic rings. The van der Waals surface area contributed by atoms with Crippen LogP contribution in [-0.2, 0) is 11.2 Å². The van der Waals surface area contributed by atoms with Gasteiger partial charge in [0.2, 0.25) is 0 Å². The van der Waals surface area contributed by atoms with Crippen molar-refractivity contribution in [3.8, 4) is 0 Å². The lowest BCUT2D eigenvalue weighted by atomic mass is 9.87. The Morgan fingerprint density at radius 3 is 3.00 bits per heavy atom. The van der Waals surface area contributed by atoms with E-state index in [9.17, 15) is 0 Å². The summed E-state index contributed by atoms with van der Waals surface area (Å²) < 4.78 is 5.15. The van der Waals surface area contributed by atoms with E-state index in [1.54, 1.807) is 7.11 Å². The lowest BCUT2D eigenvalue weighted by Gasteiger charge is -2.33. The number of hydrogen-bond acceptors (Lipinski definition) is 2. The molecule has 2 nitrogen and oxygen atoms in total. The molecule has 0 N–H and O–H groups in total. The molecule has 1 atom stereocenters. The fourth-order valence-corrected chi connectivity index (χ4v) is 2.58. The highest BCUT2D eigenvalue weighted by molar-refractivity contribution is 5.32. The molecule has 1 aromatic carbocycles. The minimum absolute atomic E-state index is 0.583. The van der Waals surface area contributed by atoms with Crippen molar-refractivity contribution in [3.63, 3.8) is 0 Å². The average Bonchev–Trinajstić information content (AvgIpc) is 2.35. The minimum atomic E-state index is 0.583. The van der Waals surface area contributed by atoms with Crippen molar-refractivity contribution >= 4 is 0 Å². The molecule has 0 saturated heterocycles. The van der Waals surface area contributed by atoms with Gasteiger partial charge in [0.15, 0.2) is 0 Å². The smallest absolute Gasteiger partial charge is 0.0589 e. The van der Waals surface area contributed by atoms with Gasteiger partial charge in [-0.25, -0.2) is 0 Å². The molecule has 1 aliphatic carbocycles. The molecule has 0 bridgehead atoms. The summed E-state index contributed by atoms with van der Waals surface area (Å²) >= 11 is 0. The standard InChI is InChI=1S/C14H21NO/c1-15(10-11-16-2)14-9-5-7-12-6-3-4-8-13(12)14/h3-4,6,8,14H,5,7,9-11H2,1-2H3.